The van der Waals surface area contributed by atoms with Gasteiger partial charge in [-0.2, -0.15) is 0 Å². The van der Waals surface area contributed by atoms with E-state index in [1.54, 1.807) is 12.1 Å². The topological polar surface area (TPSA) is 38.8 Å². The van der Waals surface area contributed by atoms with E-state index in [4.69, 9.17) is 21.1 Å². The fraction of sp³-hybridized carbons (Fsp3) is 0.500. The lowest BCUT2D eigenvalue weighted by molar-refractivity contribution is -0.144. The molecule has 1 aliphatic rings. The minimum atomic E-state index is -0.117. The van der Waals surface area contributed by atoms with Crippen LogP contribution in [0.2, 0.25) is 5.02 Å². The van der Waals surface area contributed by atoms with E-state index in [2.05, 4.69) is 20.8 Å². The van der Waals surface area contributed by atoms with Crippen LogP contribution in [-0.2, 0) is 9.53 Å². The summed E-state index contributed by atoms with van der Waals surface area (Å²) < 4.78 is 11.3. The Balaban J connectivity index is 1.75. The molecule has 1 aliphatic heterocycles. The molecule has 0 aromatic heterocycles. The lowest BCUT2D eigenvalue weighted by Crippen LogP contribution is -2.28. The van der Waals surface area contributed by atoms with Crippen LogP contribution in [0.15, 0.2) is 22.7 Å². The molecule has 6 heteroatoms. The second-order valence-electron chi connectivity index (χ2n) is 4.73. The van der Waals surface area contributed by atoms with E-state index >= 15 is 0 Å². The van der Waals surface area contributed by atoms with Gasteiger partial charge in [0, 0.05) is 18.1 Å². The molecule has 1 heterocycles. The number of benzene rings is 1. The maximum atomic E-state index is 11.4. The number of likely N-dealkylation sites (tertiary alicyclic amines) is 1. The molecule has 1 aromatic carbocycles. The van der Waals surface area contributed by atoms with Crippen LogP contribution in [0, 0.1) is 5.92 Å². The molecular formula is C14H17BrClNO3. The molecule has 1 atom stereocenters. The zero-order chi connectivity index (χ0) is 14.5. The number of rotatable bonds is 5. The molecule has 0 spiro atoms. The smallest absolute Gasteiger partial charge is 0.310 e. The number of nitrogens with zero attached hydrogens (tertiary/aromatic N) is 1. The van der Waals surface area contributed by atoms with Crippen molar-refractivity contribution in [3.05, 3.63) is 27.7 Å². The minimum absolute atomic E-state index is 0.00210. The van der Waals surface area contributed by atoms with Crippen LogP contribution < -0.4 is 4.74 Å². The van der Waals surface area contributed by atoms with Crippen LogP contribution in [0.25, 0.3) is 0 Å². The van der Waals surface area contributed by atoms with E-state index in [0.29, 0.717) is 11.6 Å². The van der Waals surface area contributed by atoms with Crippen LogP contribution in [0.4, 0.5) is 0 Å². The fourth-order valence-corrected chi connectivity index (χ4v) is 3.07. The van der Waals surface area contributed by atoms with E-state index in [1.165, 1.54) is 7.11 Å². The second-order valence-corrected chi connectivity index (χ2v) is 6.02. The lowest BCUT2D eigenvalue weighted by atomic mass is 10.1. The van der Waals surface area contributed by atoms with Crippen molar-refractivity contribution in [2.24, 2.45) is 5.92 Å². The van der Waals surface area contributed by atoms with Crippen molar-refractivity contribution in [1.82, 2.24) is 4.90 Å². The molecule has 0 bridgehead atoms. The van der Waals surface area contributed by atoms with Gasteiger partial charge in [-0.15, -0.1) is 0 Å². The summed E-state index contributed by atoms with van der Waals surface area (Å²) in [5.41, 5.74) is 0. The van der Waals surface area contributed by atoms with Gasteiger partial charge in [0.05, 0.1) is 17.5 Å². The molecule has 1 saturated heterocycles. The van der Waals surface area contributed by atoms with Crippen molar-refractivity contribution in [2.75, 3.05) is 33.4 Å². The number of hydrogen-bond acceptors (Lipinski definition) is 4. The number of methoxy groups -OCH3 is 1. The highest BCUT2D eigenvalue weighted by molar-refractivity contribution is 9.10. The maximum absolute atomic E-state index is 11.4. The van der Waals surface area contributed by atoms with E-state index in [-0.39, 0.29) is 11.9 Å². The standard InChI is InChI=1S/C14H17BrClNO3/c1-19-14(18)10-4-5-17(9-10)6-7-20-13-3-2-11(16)8-12(13)15/h2-3,8,10H,4-7,9H2,1H3. The van der Waals surface area contributed by atoms with Gasteiger partial charge in [0.1, 0.15) is 12.4 Å². The van der Waals surface area contributed by atoms with Crippen LogP contribution in [0.3, 0.4) is 0 Å². The zero-order valence-corrected chi connectivity index (χ0v) is 13.6. The van der Waals surface area contributed by atoms with Gasteiger partial charge in [-0.05, 0) is 47.1 Å². The van der Waals surface area contributed by atoms with Crippen LogP contribution >= 0.6 is 27.5 Å². The van der Waals surface area contributed by atoms with Gasteiger partial charge >= 0.3 is 5.97 Å². The van der Waals surface area contributed by atoms with Crippen molar-refractivity contribution in [1.29, 1.82) is 0 Å². The largest absolute Gasteiger partial charge is 0.491 e. The molecule has 0 N–H and O–H groups in total. The van der Waals surface area contributed by atoms with Crippen LogP contribution in [0.1, 0.15) is 6.42 Å². The summed E-state index contributed by atoms with van der Waals surface area (Å²) in [4.78, 5) is 13.6. The molecule has 1 fully saturated rings. The molecule has 0 aliphatic carbocycles. The van der Waals surface area contributed by atoms with Crippen LogP contribution in [-0.4, -0.2) is 44.2 Å². The van der Waals surface area contributed by atoms with Gasteiger partial charge in [-0.25, -0.2) is 0 Å². The summed E-state index contributed by atoms with van der Waals surface area (Å²) in [6.07, 6.45) is 0.858. The average molecular weight is 363 g/mol. The van der Waals surface area contributed by atoms with Gasteiger partial charge in [-0.1, -0.05) is 11.6 Å². The molecule has 1 unspecified atom stereocenters. The summed E-state index contributed by atoms with van der Waals surface area (Å²) in [6, 6.07) is 5.44. The molecule has 2 rings (SSSR count). The van der Waals surface area contributed by atoms with Crippen molar-refractivity contribution >= 4 is 33.5 Å². The van der Waals surface area contributed by atoms with Crippen molar-refractivity contribution in [3.8, 4) is 5.75 Å². The third-order valence-electron chi connectivity index (χ3n) is 3.37. The van der Waals surface area contributed by atoms with E-state index in [9.17, 15) is 4.79 Å². The first kappa shape index (κ1) is 15.6. The fourth-order valence-electron chi connectivity index (χ4n) is 2.27. The first-order valence-electron chi connectivity index (χ1n) is 6.48. The molecular weight excluding hydrogens is 346 g/mol. The number of halogens is 2. The third-order valence-corrected chi connectivity index (χ3v) is 4.22. The Morgan fingerprint density at radius 2 is 2.35 bits per heavy atom. The summed E-state index contributed by atoms with van der Waals surface area (Å²) in [5.74, 6) is 0.661. The normalized spacial score (nSPS) is 19.1. The Kier molecular flexibility index (Phi) is 5.69. The Morgan fingerprint density at radius 1 is 1.55 bits per heavy atom. The summed E-state index contributed by atoms with van der Waals surface area (Å²) >= 11 is 9.29. The highest BCUT2D eigenvalue weighted by Crippen LogP contribution is 2.28. The number of hydrogen-bond donors (Lipinski definition) is 0. The third kappa shape index (κ3) is 4.11. The van der Waals surface area contributed by atoms with Crippen molar-refractivity contribution in [2.45, 2.75) is 6.42 Å². The quantitative estimate of drug-likeness (QED) is 0.755. The van der Waals surface area contributed by atoms with Gasteiger partial charge < -0.3 is 9.47 Å². The Morgan fingerprint density at radius 3 is 3.05 bits per heavy atom. The van der Waals surface area contributed by atoms with Crippen molar-refractivity contribution < 1.29 is 14.3 Å². The number of esters is 1. The molecule has 1 aromatic rings. The van der Waals surface area contributed by atoms with E-state index in [1.807, 2.05) is 6.07 Å². The molecule has 0 saturated carbocycles. The number of carbonyl (C=O) groups is 1. The molecule has 110 valence electrons. The summed E-state index contributed by atoms with van der Waals surface area (Å²) in [6.45, 7) is 3.03. The Bertz CT molecular complexity index is 483. The first-order valence-corrected chi connectivity index (χ1v) is 7.65. The van der Waals surface area contributed by atoms with Gasteiger partial charge in [0.25, 0.3) is 0 Å². The van der Waals surface area contributed by atoms with Gasteiger partial charge in [-0.3, -0.25) is 9.69 Å². The summed E-state index contributed by atoms with van der Waals surface area (Å²) in [7, 11) is 1.44. The first-order chi connectivity index (χ1) is 9.60. The summed E-state index contributed by atoms with van der Waals surface area (Å²) in [5, 5.41) is 0.671. The molecule has 0 amide bonds. The SMILES string of the molecule is COC(=O)C1CCN(CCOc2ccc(Cl)cc2Br)C1. The predicted octanol–water partition coefficient (Wildman–Crippen LogP) is 2.98. The second kappa shape index (κ2) is 7.29. The van der Waals surface area contributed by atoms with Crippen molar-refractivity contribution in [3.63, 3.8) is 0 Å². The Hall–Kier alpha value is -0.780. The zero-order valence-electron chi connectivity index (χ0n) is 11.3. The van der Waals surface area contributed by atoms with Gasteiger partial charge in [0.15, 0.2) is 0 Å². The number of carbonyl (C=O) groups excluding carboxylic acids is 1. The molecule has 4 nitrogen and oxygen atoms in total. The minimum Gasteiger partial charge on any atom is -0.491 e. The molecule has 0 radical (unpaired) electrons. The average Bonchev–Trinajstić information content (AvgIpc) is 2.89. The highest BCUT2D eigenvalue weighted by atomic mass is 79.9. The van der Waals surface area contributed by atoms with Gasteiger partial charge in [0.2, 0.25) is 0 Å². The monoisotopic (exact) mass is 361 g/mol. The molecule has 20 heavy (non-hydrogen) atoms. The lowest BCUT2D eigenvalue weighted by Gasteiger charge is -2.16. The predicted molar refractivity (Wildman–Crippen MR) is 81.2 cm³/mol. The maximum Gasteiger partial charge on any atom is 0.310 e. The number of ether oxygens (including phenoxy) is 2. The Labute approximate surface area is 132 Å². The van der Waals surface area contributed by atoms with E-state index < -0.39 is 0 Å². The van der Waals surface area contributed by atoms with E-state index in [0.717, 1.165) is 36.3 Å². The van der Waals surface area contributed by atoms with Crippen LogP contribution in [0.5, 0.6) is 5.75 Å². The highest BCUT2D eigenvalue weighted by Gasteiger charge is 2.28.